The van der Waals surface area contributed by atoms with E-state index in [2.05, 4.69) is 4.98 Å². The molecule has 0 atom stereocenters. The molecule has 28 heavy (non-hydrogen) atoms. The molecule has 0 radical (unpaired) electrons. The predicted octanol–water partition coefficient (Wildman–Crippen LogP) is 4.90. The minimum absolute atomic E-state index is 0.136. The second kappa shape index (κ2) is 7.49. The summed E-state index contributed by atoms with van der Waals surface area (Å²) >= 11 is 12.3. The maximum Gasteiger partial charge on any atom is 0.261 e. The molecule has 1 aliphatic carbocycles. The van der Waals surface area contributed by atoms with Gasteiger partial charge in [0, 0.05) is 17.3 Å². The van der Waals surface area contributed by atoms with Crippen molar-refractivity contribution in [2.24, 2.45) is 0 Å². The Bertz CT molecular complexity index is 1170. The van der Waals surface area contributed by atoms with Crippen LogP contribution in [0.5, 0.6) is 11.5 Å². The Kier molecular flexibility index (Phi) is 5.04. The normalized spacial score (nSPS) is 14.5. The van der Waals surface area contributed by atoms with Crippen LogP contribution in [0.3, 0.4) is 0 Å². The molecule has 3 aromatic rings. The fourth-order valence-electron chi connectivity index (χ4n) is 3.51. The number of halogens is 2. The number of fused-ring (bicyclic) bond motifs is 2. The Morgan fingerprint density at radius 1 is 1.29 bits per heavy atom. The van der Waals surface area contributed by atoms with Gasteiger partial charge in [-0.3, -0.25) is 9.20 Å². The molecule has 1 aromatic carbocycles. The summed E-state index contributed by atoms with van der Waals surface area (Å²) < 4.78 is 12.6. The first kappa shape index (κ1) is 18.8. The lowest BCUT2D eigenvalue weighted by molar-refractivity contribution is 0.310. The van der Waals surface area contributed by atoms with Crippen LogP contribution in [-0.2, 0) is 6.42 Å². The molecular formula is C21H18Cl2N2O3. The number of ether oxygens (including phenoxy) is 2. The minimum Gasteiger partial charge on any atom is -0.493 e. The van der Waals surface area contributed by atoms with E-state index < -0.39 is 0 Å². The molecule has 0 saturated carbocycles. The number of hydrogen-bond acceptors (Lipinski definition) is 4. The zero-order valence-electron chi connectivity index (χ0n) is 15.5. The Morgan fingerprint density at radius 2 is 2.11 bits per heavy atom. The summed E-state index contributed by atoms with van der Waals surface area (Å²) in [6.45, 7) is 2.45. The maximum absolute atomic E-state index is 12.9. The Labute approximate surface area is 172 Å². The summed E-state index contributed by atoms with van der Waals surface area (Å²) in [6, 6.07) is 7.31. The monoisotopic (exact) mass is 416 g/mol. The van der Waals surface area contributed by atoms with Crippen molar-refractivity contribution in [2.45, 2.75) is 19.8 Å². The molecule has 5 nitrogen and oxygen atoms in total. The van der Waals surface area contributed by atoms with E-state index in [1.807, 2.05) is 31.2 Å². The van der Waals surface area contributed by atoms with Crippen molar-refractivity contribution in [3.8, 4) is 11.5 Å². The van der Waals surface area contributed by atoms with E-state index in [1.165, 1.54) is 4.40 Å². The van der Waals surface area contributed by atoms with Crippen LogP contribution in [0, 0.1) is 0 Å². The molecule has 4 rings (SSSR count). The average Bonchev–Trinajstić information content (AvgIpc) is 3.07. The van der Waals surface area contributed by atoms with Crippen molar-refractivity contribution in [2.75, 3.05) is 13.7 Å². The molecule has 1 aliphatic rings. The summed E-state index contributed by atoms with van der Waals surface area (Å²) in [4.78, 5) is 17.6. The number of rotatable bonds is 4. The van der Waals surface area contributed by atoms with E-state index in [4.69, 9.17) is 32.7 Å². The summed E-state index contributed by atoms with van der Waals surface area (Å²) in [7, 11) is 1.61. The first-order valence-corrected chi connectivity index (χ1v) is 9.70. The van der Waals surface area contributed by atoms with Gasteiger partial charge in [-0.1, -0.05) is 35.3 Å². The topological polar surface area (TPSA) is 52.8 Å². The van der Waals surface area contributed by atoms with Crippen molar-refractivity contribution in [1.29, 1.82) is 0 Å². The second-order valence-corrected chi connectivity index (χ2v) is 7.27. The van der Waals surface area contributed by atoms with E-state index in [-0.39, 0.29) is 5.56 Å². The fourth-order valence-corrected chi connectivity index (χ4v) is 4.02. The van der Waals surface area contributed by atoms with E-state index in [9.17, 15) is 4.79 Å². The maximum atomic E-state index is 12.9. The third-order valence-electron chi connectivity index (χ3n) is 4.74. The van der Waals surface area contributed by atoms with Crippen molar-refractivity contribution >= 4 is 40.5 Å². The third kappa shape index (κ3) is 3.15. The molecular weight excluding hydrogens is 399 g/mol. The van der Waals surface area contributed by atoms with Gasteiger partial charge >= 0.3 is 0 Å². The smallest absolute Gasteiger partial charge is 0.261 e. The number of nitrogens with zero attached hydrogens (tertiary/aromatic N) is 2. The van der Waals surface area contributed by atoms with Crippen LogP contribution in [-0.4, -0.2) is 23.1 Å². The van der Waals surface area contributed by atoms with Gasteiger partial charge in [-0.2, -0.15) is 0 Å². The third-order valence-corrected chi connectivity index (χ3v) is 5.22. The lowest BCUT2D eigenvalue weighted by atomic mass is 10.1. The standard InChI is InChI=1S/C21H18Cl2N2O3/c1-3-28-19-13(5-4-6-17(19)27-2)9-12-7-8-15-18(12)24-20-16(23)10-14(22)11-25(20)21(15)26/h4-6,9-11H,3,7-8H2,1-2H3/b12-9+. The summed E-state index contributed by atoms with van der Waals surface area (Å²) in [5, 5.41) is 0.739. The summed E-state index contributed by atoms with van der Waals surface area (Å²) in [6.07, 6.45) is 4.89. The number of pyridine rings is 1. The van der Waals surface area contributed by atoms with Crippen molar-refractivity contribution in [3.63, 3.8) is 0 Å². The highest BCUT2D eigenvalue weighted by molar-refractivity contribution is 6.36. The zero-order valence-corrected chi connectivity index (χ0v) is 17.0. The van der Waals surface area contributed by atoms with Crippen LogP contribution >= 0.6 is 23.2 Å². The first-order valence-electron chi connectivity index (χ1n) is 8.94. The number of para-hydroxylation sites is 1. The highest BCUT2D eigenvalue weighted by atomic mass is 35.5. The minimum atomic E-state index is -0.136. The first-order chi connectivity index (χ1) is 13.5. The Morgan fingerprint density at radius 3 is 2.86 bits per heavy atom. The van der Waals surface area contributed by atoms with Gasteiger partial charge in [0.1, 0.15) is 0 Å². The lowest BCUT2D eigenvalue weighted by Gasteiger charge is -2.13. The van der Waals surface area contributed by atoms with Gasteiger partial charge in [0.2, 0.25) is 0 Å². The zero-order chi connectivity index (χ0) is 19.8. The Hall–Kier alpha value is -2.50. The number of benzene rings is 1. The molecule has 0 saturated heterocycles. The predicted molar refractivity (Wildman–Crippen MR) is 112 cm³/mol. The summed E-state index contributed by atoms with van der Waals surface area (Å²) in [5.41, 5.74) is 3.47. The Balaban J connectivity index is 1.90. The molecule has 0 fully saturated rings. The molecule has 144 valence electrons. The number of allylic oxidation sites excluding steroid dienone is 1. The van der Waals surface area contributed by atoms with E-state index in [0.29, 0.717) is 57.9 Å². The molecule has 0 amide bonds. The summed E-state index contributed by atoms with van der Waals surface area (Å²) in [5.74, 6) is 1.34. The molecule has 0 bridgehead atoms. The molecule has 0 spiro atoms. The van der Waals surface area contributed by atoms with Gasteiger partial charge in [-0.05, 0) is 43.5 Å². The number of methoxy groups -OCH3 is 1. The van der Waals surface area contributed by atoms with Gasteiger partial charge in [-0.25, -0.2) is 4.98 Å². The van der Waals surface area contributed by atoms with Crippen molar-refractivity contribution in [1.82, 2.24) is 9.38 Å². The second-order valence-electron chi connectivity index (χ2n) is 6.43. The number of hydrogen-bond donors (Lipinski definition) is 0. The molecule has 7 heteroatoms. The largest absolute Gasteiger partial charge is 0.493 e. The van der Waals surface area contributed by atoms with Crippen LogP contribution in [0.2, 0.25) is 10.0 Å². The average molecular weight is 417 g/mol. The lowest BCUT2D eigenvalue weighted by Crippen LogP contribution is -2.20. The van der Waals surface area contributed by atoms with Crippen molar-refractivity contribution in [3.05, 3.63) is 67.7 Å². The van der Waals surface area contributed by atoms with Crippen LogP contribution in [0.25, 0.3) is 17.3 Å². The van der Waals surface area contributed by atoms with Gasteiger partial charge in [0.05, 0.1) is 29.5 Å². The van der Waals surface area contributed by atoms with Crippen LogP contribution < -0.4 is 15.0 Å². The van der Waals surface area contributed by atoms with Crippen LogP contribution in [0.4, 0.5) is 0 Å². The molecule has 2 aromatic heterocycles. The van der Waals surface area contributed by atoms with Crippen molar-refractivity contribution < 1.29 is 9.47 Å². The highest BCUT2D eigenvalue weighted by Gasteiger charge is 2.24. The van der Waals surface area contributed by atoms with Crippen LogP contribution in [0.1, 0.15) is 30.2 Å². The molecule has 2 heterocycles. The van der Waals surface area contributed by atoms with E-state index in [1.54, 1.807) is 19.4 Å². The van der Waals surface area contributed by atoms with Gasteiger partial charge in [0.15, 0.2) is 17.1 Å². The van der Waals surface area contributed by atoms with Gasteiger partial charge in [0.25, 0.3) is 5.56 Å². The number of aromatic nitrogens is 2. The van der Waals surface area contributed by atoms with Crippen LogP contribution in [0.15, 0.2) is 35.3 Å². The fraction of sp³-hybridized carbons (Fsp3) is 0.238. The molecule has 0 N–H and O–H groups in total. The van der Waals surface area contributed by atoms with Gasteiger partial charge < -0.3 is 9.47 Å². The van der Waals surface area contributed by atoms with E-state index >= 15 is 0 Å². The molecule has 0 aliphatic heterocycles. The quantitative estimate of drug-likeness (QED) is 0.606. The molecule has 0 unspecified atom stereocenters. The van der Waals surface area contributed by atoms with E-state index in [0.717, 1.165) is 11.1 Å². The SMILES string of the molecule is CCOc1c(/C=C2\CCc3c2nc2c(Cl)cc(Cl)cn2c3=O)cccc1OC. The highest BCUT2D eigenvalue weighted by Crippen LogP contribution is 2.37. The van der Waals surface area contributed by atoms with Gasteiger partial charge in [-0.15, -0.1) is 0 Å².